The van der Waals surface area contributed by atoms with Crippen molar-refractivity contribution in [3.8, 4) is 11.5 Å². The summed E-state index contributed by atoms with van der Waals surface area (Å²) in [4.78, 5) is 0. The van der Waals surface area contributed by atoms with Gasteiger partial charge in [-0.05, 0) is 48.8 Å². The van der Waals surface area contributed by atoms with Crippen LogP contribution in [0, 0.1) is 0 Å². The van der Waals surface area contributed by atoms with Gasteiger partial charge >= 0.3 is 0 Å². The number of aromatic hydroxyl groups is 2. The molecule has 1 aliphatic carbocycles. The van der Waals surface area contributed by atoms with Crippen LogP contribution in [0.25, 0.3) is 0 Å². The molecule has 0 atom stereocenters. The van der Waals surface area contributed by atoms with E-state index in [4.69, 9.17) is 12.2 Å². The molecule has 0 bridgehead atoms. The second-order valence-corrected chi connectivity index (χ2v) is 5.33. The van der Waals surface area contributed by atoms with Crippen molar-refractivity contribution < 1.29 is 10.2 Å². The van der Waals surface area contributed by atoms with Gasteiger partial charge in [-0.25, -0.2) is 0 Å². The van der Waals surface area contributed by atoms with Gasteiger partial charge < -0.3 is 15.5 Å². The van der Waals surface area contributed by atoms with Crippen molar-refractivity contribution in [1.29, 1.82) is 0 Å². The van der Waals surface area contributed by atoms with Gasteiger partial charge in [0.1, 0.15) is 0 Å². The summed E-state index contributed by atoms with van der Waals surface area (Å²) in [5, 5.41) is 26.3. The molecule has 0 aliphatic heterocycles. The van der Waals surface area contributed by atoms with E-state index < -0.39 is 0 Å². The van der Waals surface area contributed by atoms with E-state index in [-0.39, 0.29) is 11.5 Å². The van der Waals surface area contributed by atoms with Gasteiger partial charge in [-0.2, -0.15) is 5.10 Å². The largest absolute Gasteiger partial charge is 0.504 e. The lowest BCUT2D eigenvalue weighted by molar-refractivity contribution is 0.403. The summed E-state index contributed by atoms with van der Waals surface area (Å²) in [5.41, 5.74) is 3.43. The van der Waals surface area contributed by atoms with Crippen molar-refractivity contribution in [3.05, 3.63) is 23.8 Å². The smallest absolute Gasteiger partial charge is 0.187 e. The van der Waals surface area contributed by atoms with Gasteiger partial charge in [-0.1, -0.05) is 19.3 Å². The van der Waals surface area contributed by atoms with Crippen LogP contribution in [-0.4, -0.2) is 27.6 Å². The summed E-state index contributed by atoms with van der Waals surface area (Å²) in [7, 11) is 0. The van der Waals surface area contributed by atoms with E-state index in [1.165, 1.54) is 37.6 Å². The van der Waals surface area contributed by atoms with Crippen LogP contribution in [0.4, 0.5) is 0 Å². The Labute approximate surface area is 123 Å². The molecule has 0 radical (unpaired) electrons. The van der Waals surface area contributed by atoms with Crippen molar-refractivity contribution in [2.45, 2.75) is 38.1 Å². The number of thiocarbonyl (C=S) groups is 1. The van der Waals surface area contributed by atoms with Crippen LogP contribution in [0.1, 0.15) is 37.7 Å². The average molecular weight is 293 g/mol. The van der Waals surface area contributed by atoms with E-state index in [1.807, 2.05) is 0 Å². The molecule has 0 heterocycles. The molecule has 1 aromatic rings. The Bertz CT molecular complexity index is 499. The molecule has 0 spiro atoms. The number of hydrazone groups is 1. The highest BCUT2D eigenvalue weighted by Crippen LogP contribution is 2.23. The summed E-state index contributed by atoms with van der Waals surface area (Å²) in [6.45, 7) is 0. The summed E-state index contributed by atoms with van der Waals surface area (Å²) in [5.74, 6) is -0.318. The number of benzene rings is 1. The Hall–Kier alpha value is -1.82. The Morgan fingerprint density at radius 2 is 1.95 bits per heavy atom. The molecule has 108 valence electrons. The third-order valence-corrected chi connectivity index (χ3v) is 3.53. The van der Waals surface area contributed by atoms with E-state index in [0.717, 1.165) is 12.8 Å². The van der Waals surface area contributed by atoms with E-state index in [2.05, 4.69) is 15.8 Å². The number of hydrogen-bond donors (Lipinski definition) is 4. The Morgan fingerprint density at radius 1 is 1.20 bits per heavy atom. The molecule has 5 nitrogen and oxygen atoms in total. The molecule has 0 saturated heterocycles. The zero-order chi connectivity index (χ0) is 14.4. The fourth-order valence-electron chi connectivity index (χ4n) is 2.25. The molecule has 1 aliphatic rings. The molecule has 6 heteroatoms. The summed E-state index contributed by atoms with van der Waals surface area (Å²) in [6.07, 6.45) is 7.64. The second-order valence-electron chi connectivity index (χ2n) is 4.93. The SMILES string of the molecule is Oc1ccc(/C=N/NC(=S)NC2CCCCC2)cc1O. The molecule has 1 aromatic carbocycles. The lowest BCUT2D eigenvalue weighted by Crippen LogP contribution is -2.40. The van der Waals surface area contributed by atoms with E-state index in [0.29, 0.717) is 16.7 Å². The van der Waals surface area contributed by atoms with Crippen LogP contribution >= 0.6 is 12.2 Å². The third-order valence-electron chi connectivity index (χ3n) is 3.32. The number of phenols is 2. The van der Waals surface area contributed by atoms with Crippen molar-refractivity contribution in [2.24, 2.45) is 5.10 Å². The first-order chi connectivity index (χ1) is 9.65. The quantitative estimate of drug-likeness (QED) is 0.297. The molecule has 0 aromatic heterocycles. The van der Waals surface area contributed by atoms with E-state index in [1.54, 1.807) is 6.07 Å². The number of phenolic OH excluding ortho intramolecular Hbond substituents is 2. The van der Waals surface area contributed by atoms with Gasteiger partial charge in [0.05, 0.1) is 6.21 Å². The molecular weight excluding hydrogens is 274 g/mol. The Morgan fingerprint density at radius 3 is 2.65 bits per heavy atom. The molecule has 2 rings (SSSR count). The number of nitrogens with zero attached hydrogens (tertiary/aromatic N) is 1. The Balaban J connectivity index is 1.79. The summed E-state index contributed by atoms with van der Waals surface area (Å²) < 4.78 is 0. The van der Waals surface area contributed by atoms with Gasteiger partial charge in [0, 0.05) is 6.04 Å². The lowest BCUT2D eigenvalue weighted by Gasteiger charge is -2.23. The zero-order valence-corrected chi connectivity index (χ0v) is 12.0. The predicted octanol–water partition coefficient (Wildman–Crippen LogP) is 2.23. The molecule has 0 amide bonds. The fraction of sp³-hybridized carbons (Fsp3) is 0.429. The zero-order valence-electron chi connectivity index (χ0n) is 11.2. The first-order valence-corrected chi connectivity index (χ1v) is 7.17. The van der Waals surface area contributed by atoms with Crippen molar-refractivity contribution in [2.75, 3.05) is 0 Å². The van der Waals surface area contributed by atoms with Crippen molar-refractivity contribution >= 4 is 23.5 Å². The minimum absolute atomic E-state index is 0.149. The first-order valence-electron chi connectivity index (χ1n) is 6.77. The number of nitrogens with one attached hydrogen (secondary N) is 2. The molecule has 0 unspecified atom stereocenters. The average Bonchev–Trinajstić information content (AvgIpc) is 2.44. The third kappa shape index (κ3) is 4.38. The minimum Gasteiger partial charge on any atom is -0.504 e. The topological polar surface area (TPSA) is 76.9 Å². The second kappa shape index (κ2) is 7.09. The van der Waals surface area contributed by atoms with Crippen LogP contribution in [0.15, 0.2) is 23.3 Å². The standard InChI is InChI=1S/C14H19N3O2S/c18-12-7-6-10(8-13(12)19)9-15-17-14(20)16-11-4-2-1-3-5-11/h6-9,11,18-19H,1-5H2,(H2,16,17,20)/b15-9+. The van der Waals surface area contributed by atoms with E-state index in [9.17, 15) is 10.2 Å². The summed E-state index contributed by atoms with van der Waals surface area (Å²) in [6, 6.07) is 4.93. The maximum absolute atomic E-state index is 9.35. The van der Waals surface area contributed by atoms with Crippen LogP contribution in [-0.2, 0) is 0 Å². The van der Waals surface area contributed by atoms with Gasteiger partial charge in [-0.15, -0.1) is 0 Å². The maximum Gasteiger partial charge on any atom is 0.187 e. The molecule has 20 heavy (non-hydrogen) atoms. The van der Waals surface area contributed by atoms with Crippen molar-refractivity contribution in [3.63, 3.8) is 0 Å². The number of hydrogen-bond acceptors (Lipinski definition) is 4. The molecule has 1 fully saturated rings. The van der Waals surface area contributed by atoms with Gasteiger partial charge in [0.25, 0.3) is 0 Å². The van der Waals surface area contributed by atoms with Crippen LogP contribution in [0.2, 0.25) is 0 Å². The minimum atomic E-state index is -0.170. The highest BCUT2D eigenvalue weighted by molar-refractivity contribution is 7.80. The lowest BCUT2D eigenvalue weighted by atomic mass is 9.96. The summed E-state index contributed by atoms with van der Waals surface area (Å²) >= 11 is 5.17. The van der Waals surface area contributed by atoms with Crippen LogP contribution in [0.5, 0.6) is 11.5 Å². The van der Waals surface area contributed by atoms with Gasteiger partial charge in [-0.3, -0.25) is 5.43 Å². The van der Waals surface area contributed by atoms with Gasteiger partial charge in [0.2, 0.25) is 0 Å². The number of rotatable bonds is 3. The van der Waals surface area contributed by atoms with Gasteiger partial charge in [0.15, 0.2) is 16.6 Å². The maximum atomic E-state index is 9.35. The Kier molecular flexibility index (Phi) is 5.17. The predicted molar refractivity (Wildman–Crippen MR) is 83.1 cm³/mol. The van der Waals surface area contributed by atoms with Crippen molar-refractivity contribution in [1.82, 2.24) is 10.7 Å². The van der Waals surface area contributed by atoms with Crippen LogP contribution in [0.3, 0.4) is 0 Å². The molecule has 1 saturated carbocycles. The normalized spacial score (nSPS) is 16.2. The molecule has 4 N–H and O–H groups in total. The first kappa shape index (κ1) is 14.6. The fourth-order valence-corrected chi connectivity index (χ4v) is 2.47. The van der Waals surface area contributed by atoms with E-state index >= 15 is 0 Å². The highest BCUT2D eigenvalue weighted by Gasteiger charge is 2.13. The monoisotopic (exact) mass is 293 g/mol. The molecular formula is C14H19N3O2S. The van der Waals surface area contributed by atoms with Crippen LogP contribution < -0.4 is 10.7 Å². The highest BCUT2D eigenvalue weighted by atomic mass is 32.1.